The lowest BCUT2D eigenvalue weighted by Gasteiger charge is -2.16. The SMILES string of the molecule is CC(NC(=O)c1cc(Cl)c2c(c1)OCO2)c1ccc(OC(F)(F)F)cc1. The summed E-state index contributed by atoms with van der Waals surface area (Å²) in [5, 5.41) is 3.00. The lowest BCUT2D eigenvalue weighted by atomic mass is 10.1. The Morgan fingerprint density at radius 2 is 1.92 bits per heavy atom. The lowest BCUT2D eigenvalue weighted by Crippen LogP contribution is -2.26. The summed E-state index contributed by atoms with van der Waals surface area (Å²) in [6.45, 7) is 1.73. The quantitative estimate of drug-likeness (QED) is 0.841. The van der Waals surface area contributed by atoms with Gasteiger partial charge in [0.1, 0.15) is 5.75 Å². The fourth-order valence-electron chi connectivity index (χ4n) is 2.42. The highest BCUT2D eigenvalue weighted by atomic mass is 35.5. The molecule has 0 radical (unpaired) electrons. The van der Waals surface area contributed by atoms with E-state index in [0.717, 1.165) is 0 Å². The van der Waals surface area contributed by atoms with E-state index in [2.05, 4.69) is 10.1 Å². The predicted molar refractivity (Wildman–Crippen MR) is 86.6 cm³/mol. The Kier molecular flexibility index (Phi) is 4.86. The zero-order valence-electron chi connectivity index (χ0n) is 13.4. The standard InChI is InChI=1S/C17H13ClF3NO4/c1-9(10-2-4-12(5-3-10)26-17(19,20)21)22-16(23)11-6-13(18)15-14(7-11)24-8-25-15/h2-7,9H,8H2,1H3,(H,22,23). The topological polar surface area (TPSA) is 56.8 Å². The number of ether oxygens (including phenoxy) is 3. The normalized spacial score (nSPS) is 14.0. The molecule has 1 N–H and O–H groups in total. The van der Waals surface area contributed by atoms with Crippen LogP contribution in [0.1, 0.15) is 28.9 Å². The average Bonchev–Trinajstić information content (AvgIpc) is 3.03. The fourth-order valence-corrected chi connectivity index (χ4v) is 2.69. The van der Waals surface area contributed by atoms with Crippen LogP contribution in [-0.2, 0) is 0 Å². The van der Waals surface area contributed by atoms with Crippen molar-refractivity contribution in [1.82, 2.24) is 5.32 Å². The molecule has 0 spiro atoms. The Labute approximate surface area is 151 Å². The fraction of sp³-hybridized carbons (Fsp3) is 0.235. The van der Waals surface area contributed by atoms with Crippen molar-refractivity contribution in [2.45, 2.75) is 19.3 Å². The van der Waals surface area contributed by atoms with E-state index in [1.807, 2.05) is 0 Å². The van der Waals surface area contributed by atoms with E-state index in [9.17, 15) is 18.0 Å². The van der Waals surface area contributed by atoms with Crippen molar-refractivity contribution in [1.29, 1.82) is 0 Å². The molecular weight excluding hydrogens is 375 g/mol. The minimum atomic E-state index is -4.75. The summed E-state index contributed by atoms with van der Waals surface area (Å²) in [4.78, 5) is 12.4. The van der Waals surface area contributed by atoms with Gasteiger partial charge in [-0.3, -0.25) is 4.79 Å². The second-order valence-corrected chi connectivity index (χ2v) is 5.91. The Bertz CT molecular complexity index is 824. The summed E-state index contributed by atoms with van der Waals surface area (Å²) >= 11 is 6.05. The molecule has 1 heterocycles. The van der Waals surface area contributed by atoms with E-state index >= 15 is 0 Å². The molecule has 1 aliphatic heterocycles. The molecule has 138 valence electrons. The Hall–Kier alpha value is -2.61. The number of amides is 1. The van der Waals surface area contributed by atoms with Crippen LogP contribution in [0.25, 0.3) is 0 Å². The first-order valence-electron chi connectivity index (χ1n) is 7.48. The van der Waals surface area contributed by atoms with E-state index < -0.39 is 18.3 Å². The summed E-state index contributed by atoms with van der Waals surface area (Å²) in [7, 11) is 0. The molecule has 0 aliphatic carbocycles. The van der Waals surface area contributed by atoms with Crippen LogP contribution >= 0.6 is 11.6 Å². The van der Waals surface area contributed by atoms with E-state index in [4.69, 9.17) is 21.1 Å². The summed E-state index contributed by atoms with van der Waals surface area (Å²) < 4.78 is 50.8. The van der Waals surface area contributed by atoms with Crippen molar-refractivity contribution in [2.24, 2.45) is 0 Å². The van der Waals surface area contributed by atoms with E-state index in [0.29, 0.717) is 17.1 Å². The van der Waals surface area contributed by atoms with Crippen LogP contribution in [0.3, 0.4) is 0 Å². The zero-order valence-corrected chi connectivity index (χ0v) is 14.1. The van der Waals surface area contributed by atoms with Crippen molar-refractivity contribution in [2.75, 3.05) is 6.79 Å². The highest BCUT2D eigenvalue weighted by Crippen LogP contribution is 2.39. The summed E-state index contributed by atoms with van der Waals surface area (Å²) in [5.41, 5.74) is 0.892. The molecule has 0 saturated carbocycles. The highest BCUT2D eigenvalue weighted by Gasteiger charge is 2.31. The van der Waals surface area contributed by atoms with Gasteiger partial charge < -0.3 is 19.5 Å². The van der Waals surface area contributed by atoms with E-state index in [1.54, 1.807) is 6.92 Å². The molecule has 2 aromatic carbocycles. The Morgan fingerprint density at radius 1 is 1.23 bits per heavy atom. The predicted octanol–water partition coefficient (Wildman–Crippen LogP) is 4.46. The first kappa shape index (κ1) is 18.2. The van der Waals surface area contributed by atoms with Gasteiger partial charge in [-0.25, -0.2) is 0 Å². The molecule has 5 nitrogen and oxygen atoms in total. The van der Waals surface area contributed by atoms with Gasteiger partial charge in [0, 0.05) is 5.56 Å². The van der Waals surface area contributed by atoms with Crippen LogP contribution in [0.5, 0.6) is 17.2 Å². The van der Waals surface area contributed by atoms with Crippen LogP contribution in [0, 0.1) is 0 Å². The Balaban J connectivity index is 1.69. The van der Waals surface area contributed by atoms with Gasteiger partial charge in [-0.1, -0.05) is 23.7 Å². The van der Waals surface area contributed by atoms with Crippen LogP contribution < -0.4 is 19.5 Å². The maximum atomic E-state index is 12.4. The number of benzene rings is 2. The molecular formula is C17H13ClF3NO4. The number of hydrogen-bond acceptors (Lipinski definition) is 4. The Morgan fingerprint density at radius 3 is 2.58 bits per heavy atom. The largest absolute Gasteiger partial charge is 0.573 e. The second kappa shape index (κ2) is 6.95. The van der Waals surface area contributed by atoms with Crippen molar-refractivity contribution in [3.8, 4) is 17.2 Å². The second-order valence-electron chi connectivity index (χ2n) is 5.50. The molecule has 0 aromatic heterocycles. The first-order chi connectivity index (χ1) is 12.2. The van der Waals surface area contributed by atoms with E-state index in [1.165, 1.54) is 36.4 Å². The van der Waals surface area contributed by atoms with Gasteiger partial charge >= 0.3 is 6.36 Å². The zero-order chi connectivity index (χ0) is 18.9. The van der Waals surface area contributed by atoms with Crippen LogP contribution in [-0.4, -0.2) is 19.1 Å². The maximum Gasteiger partial charge on any atom is 0.573 e. The average molecular weight is 388 g/mol. The smallest absolute Gasteiger partial charge is 0.454 e. The molecule has 1 unspecified atom stereocenters. The third-order valence-electron chi connectivity index (χ3n) is 3.65. The van der Waals surface area contributed by atoms with Crippen molar-refractivity contribution >= 4 is 17.5 Å². The molecule has 1 atom stereocenters. The molecule has 9 heteroatoms. The molecule has 3 rings (SSSR count). The number of carbonyl (C=O) groups is 1. The molecule has 0 saturated heterocycles. The summed E-state index contributed by atoms with van der Waals surface area (Å²) in [6, 6.07) is 7.77. The van der Waals surface area contributed by atoms with Gasteiger partial charge in [-0.2, -0.15) is 0 Å². The minimum absolute atomic E-state index is 0.0306. The molecule has 1 aliphatic rings. The van der Waals surface area contributed by atoms with Gasteiger partial charge in [0.15, 0.2) is 11.5 Å². The minimum Gasteiger partial charge on any atom is -0.454 e. The van der Waals surface area contributed by atoms with Crippen molar-refractivity contribution in [3.63, 3.8) is 0 Å². The number of fused-ring (bicyclic) bond motifs is 1. The summed E-state index contributed by atoms with van der Waals surface area (Å²) in [5.74, 6) is 0.0242. The number of carbonyl (C=O) groups excluding carboxylic acids is 1. The van der Waals surface area contributed by atoms with Crippen molar-refractivity contribution in [3.05, 3.63) is 52.5 Å². The third kappa shape index (κ3) is 4.13. The number of halogens is 4. The van der Waals surface area contributed by atoms with Gasteiger partial charge in [-0.15, -0.1) is 13.2 Å². The third-order valence-corrected chi connectivity index (χ3v) is 3.93. The highest BCUT2D eigenvalue weighted by molar-refractivity contribution is 6.32. The van der Waals surface area contributed by atoms with Gasteiger partial charge in [0.25, 0.3) is 5.91 Å². The number of alkyl halides is 3. The van der Waals surface area contributed by atoms with Crippen LogP contribution in [0.4, 0.5) is 13.2 Å². The molecule has 0 bridgehead atoms. The maximum absolute atomic E-state index is 12.4. The first-order valence-corrected chi connectivity index (χ1v) is 7.86. The molecule has 1 amide bonds. The van der Waals surface area contributed by atoms with Gasteiger partial charge in [0.2, 0.25) is 6.79 Å². The van der Waals surface area contributed by atoms with Crippen molar-refractivity contribution < 1.29 is 32.2 Å². The number of hydrogen-bond donors (Lipinski definition) is 1. The van der Waals surface area contributed by atoms with Gasteiger partial charge in [-0.05, 0) is 36.8 Å². The number of rotatable bonds is 4. The monoisotopic (exact) mass is 387 g/mol. The van der Waals surface area contributed by atoms with Crippen LogP contribution in [0.2, 0.25) is 5.02 Å². The molecule has 26 heavy (non-hydrogen) atoms. The van der Waals surface area contributed by atoms with Gasteiger partial charge in [0.05, 0.1) is 11.1 Å². The van der Waals surface area contributed by atoms with E-state index in [-0.39, 0.29) is 23.1 Å². The summed E-state index contributed by atoms with van der Waals surface area (Å²) in [6.07, 6.45) is -4.75. The molecule has 0 fully saturated rings. The molecule has 2 aromatic rings. The number of nitrogens with one attached hydrogen (secondary N) is 1. The lowest BCUT2D eigenvalue weighted by molar-refractivity contribution is -0.274. The van der Waals surface area contributed by atoms with Crippen LogP contribution in [0.15, 0.2) is 36.4 Å².